The van der Waals surface area contributed by atoms with Crippen molar-refractivity contribution < 1.29 is 19.1 Å². The summed E-state index contributed by atoms with van der Waals surface area (Å²) in [4.78, 5) is 40.4. The van der Waals surface area contributed by atoms with Gasteiger partial charge in [0.1, 0.15) is 0 Å². The molecule has 2 amide bonds. The van der Waals surface area contributed by atoms with Crippen LogP contribution in [0.4, 0.5) is 5.69 Å². The molecule has 7 nitrogen and oxygen atoms in total. The number of carbonyl (C=O) groups is 3. The van der Waals surface area contributed by atoms with E-state index in [1.807, 2.05) is 12.1 Å². The lowest BCUT2D eigenvalue weighted by molar-refractivity contribution is -0.119. The molecule has 0 saturated heterocycles. The average molecular weight is 431 g/mol. The molecule has 1 aromatic heterocycles. The summed E-state index contributed by atoms with van der Waals surface area (Å²) in [6.45, 7) is -0.402. The monoisotopic (exact) mass is 431 g/mol. The van der Waals surface area contributed by atoms with Gasteiger partial charge < -0.3 is 20.4 Å². The number of hydrogen-bond acceptors (Lipinski definition) is 4. The van der Waals surface area contributed by atoms with Crippen molar-refractivity contribution in [3.63, 3.8) is 0 Å². The summed E-state index contributed by atoms with van der Waals surface area (Å²) in [5.41, 5.74) is 4.95. The van der Waals surface area contributed by atoms with Crippen LogP contribution in [0.2, 0.25) is 0 Å². The number of anilines is 1. The number of esters is 1. The Morgan fingerprint density at radius 2 is 1.84 bits per heavy atom. The lowest BCUT2D eigenvalue weighted by atomic mass is 9.95. The van der Waals surface area contributed by atoms with Gasteiger partial charge in [0.25, 0.3) is 11.8 Å². The molecule has 0 bridgehead atoms. The quantitative estimate of drug-likeness (QED) is 0.518. The molecular weight excluding hydrogens is 406 g/mol. The summed E-state index contributed by atoms with van der Waals surface area (Å²) in [5, 5.41) is 6.65. The predicted octanol–water partition coefficient (Wildman–Crippen LogP) is 3.73. The molecule has 0 unspecified atom stereocenters. The molecule has 5 rings (SSSR count). The number of hydrogen-bond donors (Lipinski definition) is 3. The van der Waals surface area contributed by atoms with Crippen molar-refractivity contribution in [2.24, 2.45) is 0 Å². The zero-order valence-corrected chi connectivity index (χ0v) is 17.7. The largest absolute Gasteiger partial charge is 0.452 e. The van der Waals surface area contributed by atoms with E-state index in [0.29, 0.717) is 16.8 Å². The van der Waals surface area contributed by atoms with Gasteiger partial charge in [0.05, 0.1) is 5.56 Å². The standard InChI is InChI=1S/C25H25N3O4/c29-23(26-18-5-3-4-15(12-18)24(30)27-17-9-10-17)14-32-25(31)16-8-11-22-20(13-16)19-6-1-2-7-21(19)28-22/h3-5,8,11-13,17,28H,1-2,6-7,9-10,14H2,(H,26,29)(H,27,30). The Kier molecular flexibility index (Phi) is 5.39. The number of fused-ring (bicyclic) bond motifs is 3. The number of H-pyrrole nitrogens is 1. The molecular formula is C25H25N3O4. The average Bonchev–Trinajstić information content (AvgIpc) is 3.54. The SMILES string of the molecule is O=C(COC(=O)c1ccc2[nH]c3c(c2c1)CCCC3)Nc1cccc(C(=O)NC2CC2)c1. The zero-order chi connectivity index (χ0) is 22.1. The normalized spacial score (nSPS) is 15.1. The van der Waals surface area contributed by atoms with Gasteiger partial charge >= 0.3 is 5.97 Å². The molecule has 0 spiro atoms. The van der Waals surface area contributed by atoms with Gasteiger partial charge in [0.15, 0.2) is 6.61 Å². The van der Waals surface area contributed by atoms with Crippen molar-refractivity contribution in [3.05, 3.63) is 64.8 Å². The van der Waals surface area contributed by atoms with E-state index in [1.165, 1.54) is 17.7 Å². The topological polar surface area (TPSA) is 100 Å². The van der Waals surface area contributed by atoms with Crippen LogP contribution in [0.1, 0.15) is 57.7 Å². The number of aromatic nitrogens is 1. The highest BCUT2D eigenvalue weighted by molar-refractivity contribution is 6.00. The second-order valence-electron chi connectivity index (χ2n) is 8.50. The lowest BCUT2D eigenvalue weighted by Crippen LogP contribution is -2.25. The maximum atomic E-state index is 12.5. The third-order valence-electron chi connectivity index (χ3n) is 5.99. The Morgan fingerprint density at radius 3 is 2.69 bits per heavy atom. The molecule has 3 aromatic rings. The number of aryl methyl sites for hydroxylation is 2. The fourth-order valence-corrected chi connectivity index (χ4v) is 4.18. The first kappa shape index (κ1) is 20.3. The molecule has 1 heterocycles. The number of rotatable bonds is 6. The summed E-state index contributed by atoms with van der Waals surface area (Å²) in [5.74, 6) is -1.15. The smallest absolute Gasteiger partial charge is 0.338 e. The van der Waals surface area contributed by atoms with Crippen LogP contribution in [0.5, 0.6) is 0 Å². The van der Waals surface area contributed by atoms with Gasteiger partial charge in [-0.3, -0.25) is 9.59 Å². The fourth-order valence-electron chi connectivity index (χ4n) is 4.18. The minimum absolute atomic E-state index is 0.155. The summed E-state index contributed by atoms with van der Waals surface area (Å²) in [6.07, 6.45) is 6.39. The van der Waals surface area contributed by atoms with Crippen molar-refractivity contribution in [1.29, 1.82) is 0 Å². The molecule has 2 aliphatic rings. The first-order chi connectivity index (χ1) is 15.6. The van der Waals surface area contributed by atoms with Gasteiger partial charge in [0.2, 0.25) is 0 Å². The third-order valence-corrected chi connectivity index (χ3v) is 5.99. The Hall–Kier alpha value is -3.61. The van der Waals surface area contributed by atoms with Gasteiger partial charge in [-0.2, -0.15) is 0 Å². The number of benzene rings is 2. The van der Waals surface area contributed by atoms with E-state index >= 15 is 0 Å². The van der Waals surface area contributed by atoms with Crippen LogP contribution in [0.15, 0.2) is 42.5 Å². The minimum atomic E-state index is -0.537. The van der Waals surface area contributed by atoms with E-state index in [4.69, 9.17) is 4.74 Å². The molecule has 0 atom stereocenters. The van der Waals surface area contributed by atoms with Gasteiger partial charge in [0, 0.05) is 33.9 Å². The Balaban J connectivity index is 1.20. The first-order valence-corrected chi connectivity index (χ1v) is 11.1. The Labute approximate surface area is 185 Å². The number of amides is 2. The molecule has 1 fully saturated rings. The summed E-state index contributed by atoms with van der Waals surface area (Å²) < 4.78 is 5.23. The molecule has 32 heavy (non-hydrogen) atoms. The number of aromatic amines is 1. The van der Waals surface area contributed by atoms with E-state index in [9.17, 15) is 14.4 Å². The van der Waals surface area contributed by atoms with Crippen LogP contribution >= 0.6 is 0 Å². The van der Waals surface area contributed by atoms with Crippen molar-refractivity contribution in [2.45, 2.75) is 44.6 Å². The molecule has 0 aliphatic heterocycles. The van der Waals surface area contributed by atoms with Crippen molar-refractivity contribution in [3.8, 4) is 0 Å². The van der Waals surface area contributed by atoms with Crippen molar-refractivity contribution >= 4 is 34.4 Å². The lowest BCUT2D eigenvalue weighted by Gasteiger charge is -2.10. The number of ether oxygens (including phenoxy) is 1. The number of nitrogens with one attached hydrogen (secondary N) is 3. The highest BCUT2D eigenvalue weighted by Gasteiger charge is 2.24. The van der Waals surface area contributed by atoms with E-state index < -0.39 is 18.5 Å². The van der Waals surface area contributed by atoms with Gasteiger partial charge in [-0.15, -0.1) is 0 Å². The Morgan fingerprint density at radius 1 is 1.00 bits per heavy atom. The van der Waals surface area contributed by atoms with E-state index in [-0.39, 0.29) is 11.9 Å². The Bertz CT molecular complexity index is 1210. The van der Waals surface area contributed by atoms with E-state index in [0.717, 1.165) is 43.0 Å². The van der Waals surface area contributed by atoms with Crippen LogP contribution in [-0.2, 0) is 22.4 Å². The molecule has 7 heteroatoms. The predicted molar refractivity (Wildman–Crippen MR) is 121 cm³/mol. The van der Waals surface area contributed by atoms with Crippen LogP contribution in [0.3, 0.4) is 0 Å². The van der Waals surface area contributed by atoms with Crippen molar-refractivity contribution in [1.82, 2.24) is 10.3 Å². The maximum absolute atomic E-state index is 12.5. The molecule has 2 aliphatic carbocycles. The molecule has 1 saturated carbocycles. The van der Waals surface area contributed by atoms with Gasteiger partial charge in [-0.1, -0.05) is 6.07 Å². The first-order valence-electron chi connectivity index (χ1n) is 11.1. The van der Waals surface area contributed by atoms with Crippen LogP contribution in [-0.4, -0.2) is 35.4 Å². The molecule has 0 radical (unpaired) electrons. The van der Waals surface area contributed by atoms with Crippen molar-refractivity contribution in [2.75, 3.05) is 11.9 Å². The summed E-state index contributed by atoms with van der Waals surface area (Å²) >= 11 is 0. The summed E-state index contributed by atoms with van der Waals surface area (Å²) in [6, 6.07) is 12.4. The van der Waals surface area contributed by atoms with Crippen LogP contribution < -0.4 is 10.6 Å². The second-order valence-corrected chi connectivity index (χ2v) is 8.50. The van der Waals surface area contributed by atoms with E-state index in [2.05, 4.69) is 15.6 Å². The van der Waals surface area contributed by atoms with Crippen LogP contribution in [0, 0.1) is 0 Å². The fraction of sp³-hybridized carbons (Fsp3) is 0.320. The van der Waals surface area contributed by atoms with Gasteiger partial charge in [-0.25, -0.2) is 4.79 Å². The summed E-state index contributed by atoms with van der Waals surface area (Å²) in [7, 11) is 0. The molecule has 3 N–H and O–H groups in total. The highest BCUT2D eigenvalue weighted by Crippen LogP contribution is 2.29. The maximum Gasteiger partial charge on any atom is 0.338 e. The van der Waals surface area contributed by atoms with Crippen LogP contribution in [0.25, 0.3) is 10.9 Å². The highest BCUT2D eigenvalue weighted by atomic mass is 16.5. The molecule has 164 valence electrons. The van der Waals surface area contributed by atoms with E-state index in [1.54, 1.807) is 30.3 Å². The third kappa shape index (κ3) is 4.37. The number of carbonyl (C=O) groups excluding carboxylic acids is 3. The van der Waals surface area contributed by atoms with Gasteiger partial charge in [-0.05, 0) is 80.5 Å². The second kappa shape index (κ2) is 8.49. The minimum Gasteiger partial charge on any atom is -0.452 e. The zero-order valence-electron chi connectivity index (χ0n) is 17.7. The molecule has 2 aromatic carbocycles.